The largest absolute Gasteiger partial charge is 0.385 e. The summed E-state index contributed by atoms with van der Waals surface area (Å²) in [6, 6.07) is 0.538. The Balaban J connectivity index is 2.23. The fourth-order valence-electron chi connectivity index (χ4n) is 2.50. The lowest BCUT2D eigenvalue weighted by molar-refractivity contribution is 0.234. The van der Waals surface area contributed by atoms with Crippen LogP contribution in [0.5, 0.6) is 0 Å². The van der Waals surface area contributed by atoms with E-state index < -0.39 is 0 Å². The Morgan fingerprint density at radius 2 is 2.40 bits per heavy atom. The van der Waals surface area contributed by atoms with E-state index in [1.807, 2.05) is 6.92 Å². The first kappa shape index (κ1) is 10.5. The Kier molecular flexibility index (Phi) is 2.95. The Labute approximate surface area is 91.0 Å². The van der Waals surface area contributed by atoms with Crippen molar-refractivity contribution in [2.75, 3.05) is 19.6 Å². The smallest absolute Gasteiger partial charge is 0.104 e. The minimum atomic E-state index is 0.538. The summed E-state index contributed by atoms with van der Waals surface area (Å²) in [5, 5.41) is 11.1. The van der Waals surface area contributed by atoms with Crippen LogP contribution >= 0.6 is 0 Å². The number of hydrogen-bond donors (Lipinski definition) is 3. The monoisotopic (exact) mass is 208 g/mol. The molecular weight excluding hydrogens is 188 g/mol. The predicted molar refractivity (Wildman–Crippen MR) is 61.8 cm³/mol. The van der Waals surface area contributed by atoms with Crippen LogP contribution in [0.1, 0.15) is 26.2 Å². The molecule has 0 aromatic carbocycles. The highest BCUT2D eigenvalue weighted by Crippen LogP contribution is 2.25. The average molecular weight is 208 g/mol. The second kappa shape index (κ2) is 4.23. The van der Waals surface area contributed by atoms with Crippen LogP contribution in [0.25, 0.3) is 0 Å². The lowest BCUT2D eigenvalue weighted by atomic mass is 9.96. The van der Waals surface area contributed by atoms with Crippen molar-refractivity contribution in [3.05, 3.63) is 11.4 Å². The van der Waals surface area contributed by atoms with E-state index in [-0.39, 0.29) is 0 Å². The van der Waals surface area contributed by atoms with Crippen LogP contribution in [0.4, 0.5) is 0 Å². The summed E-state index contributed by atoms with van der Waals surface area (Å²) < 4.78 is 0. The van der Waals surface area contributed by atoms with E-state index in [0.717, 1.165) is 50.3 Å². The molecule has 84 valence electrons. The van der Waals surface area contributed by atoms with Crippen molar-refractivity contribution in [2.24, 2.45) is 5.73 Å². The number of rotatable bonds is 1. The summed E-state index contributed by atoms with van der Waals surface area (Å²) in [7, 11) is 0. The molecule has 15 heavy (non-hydrogen) atoms. The maximum atomic E-state index is 7.70. The lowest BCUT2D eigenvalue weighted by Crippen LogP contribution is -2.45. The molecule has 0 saturated carbocycles. The van der Waals surface area contributed by atoms with Gasteiger partial charge >= 0.3 is 0 Å². The molecule has 0 aliphatic carbocycles. The molecule has 0 aromatic heterocycles. The Hall–Kier alpha value is -1.03. The van der Waals surface area contributed by atoms with Gasteiger partial charge in [-0.1, -0.05) is 0 Å². The molecule has 0 unspecified atom stereocenters. The Morgan fingerprint density at radius 3 is 3.13 bits per heavy atom. The lowest BCUT2D eigenvalue weighted by Gasteiger charge is -2.37. The van der Waals surface area contributed by atoms with Gasteiger partial charge in [-0.25, -0.2) is 0 Å². The first-order chi connectivity index (χ1) is 7.20. The molecule has 2 heterocycles. The van der Waals surface area contributed by atoms with Gasteiger partial charge < -0.3 is 21.4 Å². The van der Waals surface area contributed by atoms with Gasteiger partial charge in [-0.05, 0) is 32.7 Å². The number of nitrogens with two attached hydrogens (primary N) is 1. The summed E-state index contributed by atoms with van der Waals surface area (Å²) in [5.41, 5.74) is 7.82. The van der Waals surface area contributed by atoms with Gasteiger partial charge in [0.15, 0.2) is 0 Å². The van der Waals surface area contributed by atoms with Crippen LogP contribution in [0.2, 0.25) is 0 Å². The number of allylic oxidation sites excluding steroid dienone is 1. The number of hydrogen-bond acceptors (Lipinski definition) is 4. The van der Waals surface area contributed by atoms with Gasteiger partial charge in [0.2, 0.25) is 0 Å². The zero-order valence-corrected chi connectivity index (χ0v) is 9.34. The van der Waals surface area contributed by atoms with Crippen LogP contribution in [0, 0.1) is 5.41 Å². The molecule has 2 rings (SSSR count). The number of nitrogens with zero attached hydrogens (tertiary/aromatic N) is 1. The number of nitrogens with one attached hydrogen (secondary N) is 2. The Bertz CT molecular complexity index is 295. The van der Waals surface area contributed by atoms with E-state index in [9.17, 15) is 0 Å². The third kappa shape index (κ3) is 2.00. The van der Waals surface area contributed by atoms with E-state index in [1.54, 1.807) is 0 Å². The maximum absolute atomic E-state index is 7.70. The molecule has 4 N–H and O–H groups in total. The van der Waals surface area contributed by atoms with Crippen LogP contribution in [0.15, 0.2) is 11.4 Å². The van der Waals surface area contributed by atoms with E-state index in [2.05, 4.69) is 10.2 Å². The van der Waals surface area contributed by atoms with Gasteiger partial charge in [-0.3, -0.25) is 0 Å². The molecule has 1 atom stereocenters. The van der Waals surface area contributed by atoms with E-state index in [4.69, 9.17) is 11.1 Å². The average Bonchev–Trinajstić information content (AvgIpc) is 2.43. The predicted octanol–water partition coefficient (Wildman–Crippen LogP) is 0.654. The van der Waals surface area contributed by atoms with Gasteiger partial charge in [-0.2, -0.15) is 0 Å². The van der Waals surface area contributed by atoms with Gasteiger partial charge in [0.1, 0.15) is 5.82 Å². The second-order valence-electron chi connectivity index (χ2n) is 4.43. The highest BCUT2D eigenvalue weighted by atomic mass is 15.3. The Morgan fingerprint density at radius 1 is 1.60 bits per heavy atom. The third-order valence-corrected chi connectivity index (χ3v) is 3.37. The topological polar surface area (TPSA) is 65.1 Å². The molecule has 4 heteroatoms. The molecule has 2 aliphatic rings. The number of fused-ring (bicyclic) bond motifs is 1. The molecule has 1 saturated heterocycles. The van der Waals surface area contributed by atoms with Crippen molar-refractivity contribution < 1.29 is 0 Å². The van der Waals surface area contributed by atoms with Crippen molar-refractivity contribution in [1.29, 1.82) is 5.41 Å². The van der Waals surface area contributed by atoms with E-state index in [0.29, 0.717) is 11.8 Å². The van der Waals surface area contributed by atoms with Gasteiger partial charge in [0.05, 0.1) is 0 Å². The molecule has 0 aromatic rings. The van der Waals surface area contributed by atoms with Crippen molar-refractivity contribution in [3.63, 3.8) is 0 Å². The molecule has 1 fully saturated rings. The summed E-state index contributed by atoms with van der Waals surface area (Å²) in [6.45, 7) is 4.98. The van der Waals surface area contributed by atoms with Crippen LogP contribution in [-0.4, -0.2) is 36.3 Å². The zero-order chi connectivity index (χ0) is 10.8. The first-order valence-electron chi connectivity index (χ1n) is 5.71. The molecule has 2 aliphatic heterocycles. The molecule has 0 spiro atoms. The van der Waals surface area contributed by atoms with Gasteiger partial charge in [0, 0.05) is 30.4 Å². The van der Waals surface area contributed by atoms with Crippen LogP contribution < -0.4 is 11.1 Å². The van der Waals surface area contributed by atoms with E-state index in [1.165, 1.54) is 0 Å². The zero-order valence-electron chi connectivity index (χ0n) is 9.34. The SMILES string of the molecule is CC(=N)C1=C(N)N2CCCNC[C@H]2CC1. The maximum Gasteiger partial charge on any atom is 0.104 e. The standard InChI is InChI=1S/C11H20N4/c1-8(12)10-4-3-9-7-14-5-2-6-15(9)11(10)13/h9,12,14H,2-7,13H2,1H3/t9-/m1/s1. The fourth-order valence-corrected chi connectivity index (χ4v) is 2.50. The molecule has 4 nitrogen and oxygen atoms in total. The summed E-state index contributed by atoms with van der Waals surface area (Å²) in [6.07, 6.45) is 3.23. The minimum absolute atomic E-state index is 0.538. The fraction of sp³-hybridized carbons (Fsp3) is 0.727. The third-order valence-electron chi connectivity index (χ3n) is 3.37. The quantitative estimate of drug-likeness (QED) is 0.554. The van der Waals surface area contributed by atoms with E-state index >= 15 is 0 Å². The first-order valence-corrected chi connectivity index (χ1v) is 5.71. The molecule has 0 amide bonds. The molecule has 0 bridgehead atoms. The van der Waals surface area contributed by atoms with Crippen molar-refractivity contribution >= 4 is 5.71 Å². The van der Waals surface area contributed by atoms with Crippen LogP contribution in [0.3, 0.4) is 0 Å². The molecular formula is C11H20N4. The highest BCUT2D eigenvalue weighted by molar-refractivity contribution is 5.96. The van der Waals surface area contributed by atoms with Crippen molar-refractivity contribution in [2.45, 2.75) is 32.2 Å². The summed E-state index contributed by atoms with van der Waals surface area (Å²) in [5.74, 6) is 0.849. The van der Waals surface area contributed by atoms with Crippen molar-refractivity contribution in [3.8, 4) is 0 Å². The molecule has 0 radical (unpaired) electrons. The highest BCUT2D eigenvalue weighted by Gasteiger charge is 2.28. The van der Waals surface area contributed by atoms with Crippen molar-refractivity contribution in [1.82, 2.24) is 10.2 Å². The summed E-state index contributed by atoms with van der Waals surface area (Å²) >= 11 is 0. The second-order valence-corrected chi connectivity index (χ2v) is 4.43. The van der Waals surface area contributed by atoms with Gasteiger partial charge in [-0.15, -0.1) is 0 Å². The van der Waals surface area contributed by atoms with Gasteiger partial charge in [0.25, 0.3) is 0 Å². The minimum Gasteiger partial charge on any atom is -0.385 e. The van der Waals surface area contributed by atoms with Crippen LogP contribution in [-0.2, 0) is 0 Å². The summed E-state index contributed by atoms with van der Waals surface area (Å²) in [4.78, 5) is 2.29. The normalized spacial score (nSPS) is 27.3.